The smallest absolute Gasteiger partial charge is 0.333 e. The molecule has 158 valence electrons. The van der Waals surface area contributed by atoms with Gasteiger partial charge in [-0.25, -0.2) is 0 Å². The van der Waals surface area contributed by atoms with Crippen LogP contribution in [0.2, 0.25) is 0 Å². The number of aromatic nitrogens is 3. The summed E-state index contributed by atoms with van der Waals surface area (Å²) in [7, 11) is 1.24. The predicted octanol–water partition coefficient (Wildman–Crippen LogP) is 4.54. The third-order valence-electron chi connectivity index (χ3n) is 4.46. The van der Waals surface area contributed by atoms with Gasteiger partial charge < -0.3 is 9.47 Å². The van der Waals surface area contributed by atoms with Crippen LogP contribution < -0.4 is 0 Å². The van der Waals surface area contributed by atoms with Gasteiger partial charge in [-0.05, 0) is 18.1 Å². The zero-order valence-corrected chi connectivity index (χ0v) is 17.3. The van der Waals surface area contributed by atoms with Crippen LogP contribution in [0.1, 0.15) is 23.9 Å². The Hall–Kier alpha value is -2.81. The first-order valence-electron chi connectivity index (χ1n) is 9.25. The molecule has 1 atom stereocenters. The fourth-order valence-electron chi connectivity index (χ4n) is 2.95. The monoisotopic (exact) mass is 434 g/mol. The normalized spacial score (nSPS) is 12.6. The first kappa shape index (κ1) is 21.9. The van der Waals surface area contributed by atoms with E-state index in [9.17, 15) is 18.0 Å². The minimum atomic E-state index is -4.60. The maximum atomic E-state index is 13.2. The molecular weight excluding hydrogens is 413 g/mol. The van der Waals surface area contributed by atoms with E-state index in [0.717, 1.165) is 27.5 Å². The number of carbonyl (C=O) groups excluding carboxylic acids is 1. The van der Waals surface area contributed by atoms with Crippen molar-refractivity contribution in [2.75, 3.05) is 0 Å². The van der Waals surface area contributed by atoms with Crippen molar-refractivity contribution in [2.24, 2.45) is 7.05 Å². The summed E-state index contributed by atoms with van der Waals surface area (Å²) < 4.78 is 39.8. The highest BCUT2D eigenvalue weighted by molar-refractivity contribution is 8.00. The number of amides is 1. The lowest BCUT2D eigenvalue weighted by Gasteiger charge is -2.26. The van der Waals surface area contributed by atoms with E-state index < -0.39 is 17.3 Å². The van der Waals surface area contributed by atoms with Crippen LogP contribution in [-0.2, 0) is 31.1 Å². The summed E-state index contributed by atoms with van der Waals surface area (Å²) >= 11 is 0.963. The highest BCUT2D eigenvalue weighted by atomic mass is 32.2. The minimum Gasteiger partial charge on any atom is -0.333 e. The van der Waals surface area contributed by atoms with Crippen molar-refractivity contribution >= 4 is 17.7 Å². The Balaban J connectivity index is 1.78. The van der Waals surface area contributed by atoms with Crippen LogP contribution in [0.15, 0.2) is 65.8 Å². The molecule has 0 saturated heterocycles. The molecule has 1 heterocycles. The second-order valence-electron chi connectivity index (χ2n) is 6.79. The molecular formula is C21H21F3N4OS. The molecule has 0 aliphatic heterocycles. The Bertz CT molecular complexity index is 935. The average molecular weight is 434 g/mol. The molecule has 2 aromatic carbocycles. The number of rotatable bonds is 7. The van der Waals surface area contributed by atoms with Gasteiger partial charge in [0.05, 0.1) is 5.25 Å². The summed E-state index contributed by atoms with van der Waals surface area (Å²) in [6, 6.07) is 19.1. The molecule has 0 saturated carbocycles. The number of nitrogens with zero attached hydrogens (tertiary/aromatic N) is 4. The van der Waals surface area contributed by atoms with Gasteiger partial charge in [0.25, 0.3) is 0 Å². The summed E-state index contributed by atoms with van der Waals surface area (Å²) in [4.78, 5) is 14.9. The Kier molecular flexibility index (Phi) is 6.81. The van der Waals surface area contributed by atoms with Crippen molar-refractivity contribution in [2.45, 2.75) is 36.6 Å². The first-order chi connectivity index (χ1) is 14.3. The molecule has 0 aliphatic rings. The molecule has 9 heteroatoms. The highest BCUT2D eigenvalue weighted by Crippen LogP contribution is 2.31. The predicted molar refractivity (Wildman–Crippen MR) is 108 cm³/mol. The van der Waals surface area contributed by atoms with Gasteiger partial charge in [0, 0.05) is 20.1 Å². The Labute approximate surface area is 176 Å². The number of hydrogen-bond acceptors (Lipinski definition) is 4. The van der Waals surface area contributed by atoms with E-state index in [2.05, 4.69) is 10.2 Å². The van der Waals surface area contributed by atoms with Gasteiger partial charge in [0.2, 0.25) is 11.7 Å². The fraction of sp³-hybridized carbons (Fsp3) is 0.286. The molecule has 0 fully saturated rings. The maximum absolute atomic E-state index is 13.2. The van der Waals surface area contributed by atoms with Crippen molar-refractivity contribution in [3.05, 3.63) is 77.6 Å². The summed E-state index contributed by atoms with van der Waals surface area (Å²) in [5.74, 6) is -1.28. The van der Waals surface area contributed by atoms with Crippen molar-refractivity contribution in [3.63, 3.8) is 0 Å². The van der Waals surface area contributed by atoms with Gasteiger partial charge >= 0.3 is 6.18 Å². The van der Waals surface area contributed by atoms with Crippen LogP contribution in [0, 0.1) is 0 Å². The SMILES string of the molecule is C[C@H](Sc1nnc(C(F)(F)F)n1C)C(=O)N(Cc1ccccc1)Cc1ccccc1. The molecule has 0 N–H and O–H groups in total. The molecule has 0 radical (unpaired) electrons. The largest absolute Gasteiger partial charge is 0.451 e. The van der Waals surface area contributed by atoms with Crippen molar-refractivity contribution < 1.29 is 18.0 Å². The number of alkyl halides is 3. The van der Waals surface area contributed by atoms with Crippen molar-refractivity contribution in [1.29, 1.82) is 0 Å². The molecule has 0 bridgehead atoms. The maximum Gasteiger partial charge on any atom is 0.451 e. The molecule has 0 spiro atoms. The summed E-state index contributed by atoms with van der Waals surface area (Å²) in [5, 5.41) is 6.25. The molecule has 5 nitrogen and oxygen atoms in total. The first-order valence-corrected chi connectivity index (χ1v) is 10.1. The van der Waals surface area contributed by atoms with Gasteiger partial charge in [-0.3, -0.25) is 4.79 Å². The van der Waals surface area contributed by atoms with Crippen LogP contribution in [0.5, 0.6) is 0 Å². The van der Waals surface area contributed by atoms with E-state index >= 15 is 0 Å². The van der Waals surface area contributed by atoms with Crippen LogP contribution in [0.3, 0.4) is 0 Å². The Morgan fingerprint density at radius 1 is 1.00 bits per heavy atom. The lowest BCUT2D eigenvalue weighted by Crippen LogP contribution is -2.35. The molecule has 1 amide bonds. The molecule has 0 unspecified atom stereocenters. The molecule has 3 rings (SSSR count). The van der Waals surface area contributed by atoms with E-state index in [1.165, 1.54) is 7.05 Å². The Morgan fingerprint density at radius 3 is 1.93 bits per heavy atom. The standard InChI is InChI=1S/C21H21F3N4OS/c1-15(30-20-26-25-19(27(20)2)21(22,23)24)18(29)28(13-16-9-5-3-6-10-16)14-17-11-7-4-8-12-17/h3-12,15H,13-14H2,1-2H3/t15-/m0/s1. The lowest BCUT2D eigenvalue weighted by molar-refractivity contribution is -0.147. The van der Waals surface area contributed by atoms with Gasteiger partial charge in [-0.1, -0.05) is 72.4 Å². The summed E-state index contributed by atoms with van der Waals surface area (Å²) in [6.45, 7) is 2.45. The van der Waals surface area contributed by atoms with E-state index in [0.29, 0.717) is 13.1 Å². The molecule has 1 aromatic heterocycles. The number of hydrogen-bond donors (Lipinski definition) is 0. The molecule has 3 aromatic rings. The van der Waals surface area contributed by atoms with Crippen LogP contribution in [0.4, 0.5) is 13.2 Å². The topological polar surface area (TPSA) is 51.0 Å². The highest BCUT2D eigenvalue weighted by Gasteiger charge is 2.38. The number of thioether (sulfide) groups is 1. The van der Waals surface area contributed by atoms with E-state index in [1.54, 1.807) is 11.8 Å². The van der Waals surface area contributed by atoms with Crippen LogP contribution >= 0.6 is 11.8 Å². The third-order valence-corrected chi connectivity index (χ3v) is 5.58. The van der Waals surface area contributed by atoms with Crippen LogP contribution in [0.25, 0.3) is 0 Å². The third kappa shape index (κ3) is 5.41. The lowest BCUT2D eigenvalue weighted by atomic mass is 10.1. The number of halogens is 3. The quantitative estimate of drug-likeness (QED) is 0.512. The van der Waals surface area contributed by atoms with Gasteiger partial charge in [0.15, 0.2) is 5.16 Å². The zero-order chi connectivity index (χ0) is 21.7. The fourth-order valence-corrected chi connectivity index (χ4v) is 3.85. The average Bonchev–Trinajstić information content (AvgIpc) is 3.09. The van der Waals surface area contributed by atoms with E-state index in [-0.39, 0.29) is 11.1 Å². The Morgan fingerprint density at radius 2 is 1.50 bits per heavy atom. The van der Waals surface area contributed by atoms with Crippen molar-refractivity contribution in [1.82, 2.24) is 19.7 Å². The van der Waals surface area contributed by atoms with E-state index in [4.69, 9.17) is 0 Å². The van der Waals surface area contributed by atoms with Crippen molar-refractivity contribution in [3.8, 4) is 0 Å². The van der Waals surface area contributed by atoms with Gasteiger partial charge in [0.1, 0.15) is 0 Å². The zero-order valence-electron chi connectivity index (χ0n) is 16.5. The summed E-state index contributed by atoms with van der Waals surface area (Å²) in [5.41, 5.74) is 1.94. The second-order valence-corrected chi connectivity index (χ2v) is 8.10. The van der Waals surface area contributed by atoms with E-state index in [1.807, 2.05) is 60.7 Å². The van der Waals surface area contributed by atoms with Gasteiger partial charge in [-0.2, -0.15) is 13.2 Å². The van der Waals surface area contributed by atoms with Crippen LogP contribution in [-0.4, -0.2) is 30.8 Å². The molecule has 30 heavy (non-hydrogen) atoms. The summed E-state index contributed by atoms with van der Waals surface area (Å²) in [6.07, 6.45) is -4.60. The minimum absolute atomic E-state index is 0.0440. The van der Waals surface area contributed by atoms with Gasteiger partial charge in [-0.15, -0.1) is 10.2 Å². The number of carbonyl (C=O) groups is 1. The molecule has 0 aliphatic carbocycles. The second kappa shape index (κ2) is 9.34. The number of benzene rings is 2.